The molecule has 0 radical (unpaired) electrons. The Kier molecular flexibility index (Phi) is 19.1. The van der Waals surface area contributed by atoms with E-state index < -0.39 is 0 Å². The van der Waals surface area contributed by atoms with Crippen molar-refractivity contribution in [3.63, 3.8) is 0 Å². The first-order valence-electron chi connectivity index (χ1n) is 48.0. The zero-order valence-electron chi connectivity index (χ0n) is 77.3. The van der Waals surface area contributed by atoms with Crippen LogP contribution in [0.4, 0.5) is 68.2 Å². The Morgan fingerprint density at radius 3 is 0.743 bits per heavy atom. The second-order valence-corrected chi connectivity index (χ2v) is 37.0. The van der Waals surface area contributed by atoms with Crippen molar-refractivity contribution in [3.05, 3.63) is 483 Å². The van der Waals surface area contributed by atoms with Crippen molar-refractivity contribution >= 4 is 221 Å². The molecule has 4 aromatic heterocycles. The Balaban J connectivity index is 0.000000141. The molecule has 0 spiro atoms. The molecule has 0 aliphatic carbocycles. The number of hydrogen-bond acceptors (Lipinski definition) is 8. The lowest BCUT2D eigenvalue weighted by Gasteiger charge is -2.30. The number of furan rings is 4. The maximum absolute atomic E-state index is 6.57. The van der Waals surface area contributed by atoms with Crippen LogP contribution in [0.3, 0.4) is 0 Å². The standard InChI is InChI=1S/2C66H44N2O2/c1-41-15-3-7-27-57(41)67(47-19-11-17-45(39-47)49-23-13-25-53-51-21-5-9-29-61(51)69-65(49)53)59-37-33-43-32-36-56-60(38-34-44-31-35-55(59)63(43)64(44)56)68(58-28-8-4-16-42(58)2)48-20-12-18-46(40-48)50-24-14-26-54-52-22-6-10-30-62(52)70-66(50)54;1-41-37-59(67(45-19-5-3-6-20-45)47-23-13-17-43(39-47)51-27-15-29-55-53-25-9-11-31-61(53)69-65(51)55)57-36-34-50-42(2)38-60(58-35-33-49(41)63(57)64(50)58)68(46-21-7-4-8-22-46)48-24-14-18-44(40-48)52-28-16-30-56-54-26-10-12-32-62(54)70-66(52)56/h2*3-40H,1-2H3. The van der Waals surface area contributed by atoms with Gasteiger partial charge in [-0.05, 0) is 249 Å². The van der Waals surface area contributed by atoms with E-state index in [2.05, 4.69) is 484 Å². The second kappa shape index (κ2) is 32.8. The predicted octanol–water partition coefficient (Wildman–Crippen LogP) is 38.5. The summed E-state index contributed by atoms with van der Waals surface area (Å²) in [5.74, 6) is 0. The smallest absolute Gasteiger partial charge is 0.143 e. The van der Waals surface area contributed by atoms with E-state index in [1.54, 1.807) is 0 Å². The third-order valence-corrected chi connectivity index (χ3v) is 28.9. The molecule has 0 atom stereocenters. The van der Waals surface area contributed by atoms with Gasteiger partial charge in [0.05, 0.1) is 22.7 Å². The van der Waals surface area contributed by atoms with Gasteiger partial charge in [-0.2, -0.15) is 0 Å². The number of aryl methyl sites for hydroxylation is 4. The molecule has 0 aliphatic rings. The largest absolute Gasteiger partial charge is 0.455 e. The Hall–Kier alpha value is -18.2. The van der Waals surface area contributed by atoms with Gasteiger partial charge in [0.25, 0.3) is 0 Å². The lowest BCUT2D eigenvalue weighted by molar-refractivity contribution is 0.669. The van der Waals surface area contributed by atoms with Gasteiger partial charge in [0.1, 0.15) is 44.7 Å². The average molecular weight is 1790 g/mol. The van der Waals surface area contributed by atoms with Gasteiger partial charge in [-0.1, -0.05) is 328 Å². The first kappa shape index (κ1) is 81.3. The average Bonchev–Trinajstić information content (AvgIpc) is 1.64. The quantitative estimate of drug-likeness (QED) is 0.0887. The highest BCUT2D eigenvalue weighted by atomic mass is 16.3. The summed E-state index contributed by atoms with van der Waals surface area (Å²) in [6.07, 6.45) is 0. The van der Waals surface area contributed by atoms with Crippen LogP contribution in [0.5, 0.6) is 0 Å². The maximum atomic E-state index is 6.57. The zero-order chi connectivity index (χ0) is 92.9. The lowest BCUT2D eigenvalue weighted by Crippen LogP contribution is -2.13. The van der Waals surface area contributed by atoms with Gasteiger partial charge in [-0.25, -0.2) is 0 Å². The van der Waals surface area contributed by atoms with E-state index in [0.717, 1.165) is 201 Å². The summed E-state index contributed by atoms with van der Waals surface area (Å²) in [6.45, 7) is 8.93. The molecule has 0 amide bonds. The number of benzene rings is 24. The Morgan fingerprint density at radius 1 is 0.150 bits per heavy atom. The lowest BCUT2D eigenvalue weighted by atomic mass is 9.88. The molecule has 140 heavy (non-hydrogen) atoms. The molecule has 0 fully saturated rings. The van der Waals surface area contributed by atoms with Gasteiger partial charge >= 0.3 is 0 Å². The van der Waals surface area contributed by atoms with Gasteiger partial charge in [-0.15, -0.1) is 0 Å². The summed E-state index contributed by atoms with van der Waals surface area (Å²) in [5.41, 5.74) is 33.8. The number of hydrogen-bond donors (Lipinski definition) is 0. The highest BCUT2D eigenvalue weighted by molar-refractivity contribution is 6.31. The third-order valence-electron chi connectivity index (χ3n) is 28.9. The van der Waals surface area contributed by atoms with E-state index >= 15 is 0 Å². The van der Waals surface area contributed by atoms with E-state index in [-0.39, 0.29) is 0 Å². The van der Waals surface area contributed by atoms with Crippen LogP contribution in [-0.2, 0) is 0 Å². The summed E-state index contributed by atoms with van der Waals surface area (Å²) in [6, 6.07) is 166. The summed E-state index contributed by atoms with van der Waals surface area (Å²) < 4.78 is 26.3. The summed E-state index contributed by atoms with van der Waals surface area (Å²) in [4.78, 5) is 9.74. The first-order valence-corrected chi connectivity index (χ1v) is 48.0. The molecule has 0 bridgehead atoms. The van der Waals surface area contributed by atoms with Crippen molar-refractivity contribution in [1.82, 2.24) is 0 Å². The molecule has 0 aliphatic heterocycles. The van der Waals surface area contributed by atoms with E-state index in [0.29, 0.717) is 0 Å². The van der Waals surface area contributed by atoms with Crippen LogP contribution in [0.25, 0.3) is 197 Å². The van der Waals surface area contributed by atoms with Gasteiger partial charge in [-0.3, -0.25) is 0 Å². The van der Waals surface area contributed by atoms with Crippen LogP contribution in [0.1, 0.15) is 22.3 Å². The molecule has 28 aromatic rings. The molecule has 24 aromatic carbocycles. The van der Waals surface area contributed by atoms with E-state index in [1.807, 2.05) is 24.3 Å². The van der Waals surface area contributed by atoms with Crippen molar-refractivity contribution in [2.24, 2.45) is 0 Å². The number of para-hydroxylation sites is 12. The normalized spacial score (nSPS) is 11.9. The minimum absolute atomic E-state index is 0.895. The summed E-state index contributed by atoms with van der Waals surface area (Å²) in [7, 11) is 0. The van der Waals surface area contributed by atoms with E-state index in [9.17, 15) is 0 Å². The highest BCUT2D eigenvalue weighted by Crippen LogP contribution is 2.55. The van der Waals surface area contributed by atoms with Crippen molar-refractivity contribution in [2.45, 2.75) is 27.7 Å². The van der Waals surface area contributed by atoms with Crippen LogP contribution < -0.4 is 19.6 Å². The van der Waals surface area contributed by atoms with Gasteiger partial charge in [0, 0.05) is 132 Å². The second-order valence-electron chi connectivity index (χ2n) is 37.0. The fourth-order valence-electron chi connectivity index (χ4n) is 22.4. The Labute approximate surface area is 807 Å². The minimum Gasteiger partial charge on any atom is -0.455 e. The van der Waals surface area contributed by atoms with E-state index in [4.69, 9.17) is 17.7 Å². The van der Waals surface area contributed by atoms with Gasteiger partial charge in [0.15, 0.2) is 0 Å². The number of anilines is 12. The molecule has 660 valence electrons. The molecule has 0 unspecified atom stereocenters. The first-order chi connectivity index (χ1) is 69.1. The number of nitrogens with zero attached hydrogens (tertiary/aromatic N) is 4. The van der Waals surface area contributed by atoms with Crippen LogP contribution in [-0.4, -0.2) is 0 Å². The van der Waals surface area contributed by atoms with Crippen LogP contribution >= 0.6 is 0 Å². The fraction of sp³-hybridized carbons (Fsp3) is 0.0303. The molecule has 28 rings (SSSR count). The molecular weight excluding hydrogens is 1710 g/mol. The van der Waals surface area contributed by atoms with Crippen LogP contribution in [0.15, 0.2) is 479 Å². The van der Waals surface area contributed by atoms with Gasteiger partial charge in [0.2, 0.25) is 0 Å². The summed E-state index contributed by atoms with van der Waals surface area (Å²) >= 11 is 0. The highest BCUT2D eigenvalue weighted by Gasteiger charge is 2.30. The SMILES string of the molecule is Cc1cc(N(c2ccccc2)c2cccc(-c3cccc4c3oc3ccccc34)c2)c2ccc3c(C)cc(N(c4ccccc4)c4cccc(-c5cccc6c5oc5ccccc56)c4)c4ccc1c2c34.Cc1ccccc1N(c1cccc(-c2cccc3c2oc2ccccc23)c1)c1ccc2ccc3c(N(c4cccc(-c5cccc6c5oc5ccccc56)c4)c4ccccc4C)ccc4ccc1c2c43. The Morgan fingerprint density at radius 2 is 0.407 bits per heavy atom. The molecular formula is C132H88N4O4. The van der Waals surface area contributed by atoms with Crippen LogP contribution in [0.2, 0.25) is 0 Å². The number of rotatable bonds is 16. The molecule has 0 saturated carbocycles. The maximum Gasteiger partial charge on any atom is 0.143 e. The monoisotopic (exact) mass is 1790 g/mol. The van der Waals surface area contributed by atoms with Gasteiger partial charge < -0.3 is 37.3 Å². The molecule has 0 N–H and O–H groups in total. The van der Waals surface area contributed by atoms with Crippen molar-refractivity contribution in [1.29, 1.82) is 0 Å². The molecule has 8 heteroatoms. The van der Waals surface area contributed by atoms with E-state index in [1.165, 1.54) is 86.9 Å². The van der Waals surface area contributed by atoms with Crippen molar-refractivity contribution in [3.8, 4) is 44.5 Å². The van der Waals surface area contributed by atoms with Crippen molar-refractivity contribution < 1.29 is 17.7 Å². The fourth-order valence-corrected chi connectivity index (χ4v) is 22.4. The predicted molar refractivity (Wildman–Crippen MR) is 589 cm³/mol. The van der Waals surface area contributed by atoms with Crippen LogP contribution in [0, 0.1) is 27.7 Å². The Bertz CT molecular complexity index is 9270. The molecule has 4 heterocycles. The van der Waals surface area contributed by atoms with Crippen molar-refractivity contribution in [2.75, 3.05) is 19.6 Å². The molecule has 0 saturated heterocycles. The number of fused-ring (bicyclic) bond motifs is 12. The minimum atomic E-state index is 0.895. The third kappa shape index (κ3) is 13.2. The topological polar surface area (TPSA) is 65.5 Å². The summed E-state index contributed by atoms with van der Waals surface area (Å²) in [5, 5.41) is 23.6. The zero-order valence-corrected chi connectivity index (χ0v) is 77.3. The molecule has 8 nitrogen and oxygen atoms in total.